The van der Waals surface area contributed by atoms with Gasteiger partial charge in [0, 0.05) is 24.3 Å². The van der Waals surface area contributed by atoms with Crippen molar-refractivity contribution in [3.05, 3.63) is 35.1 Å². The molecule has 2 amide bonds. The molecule has 1 unspecified atom stereocenters. The van der Waals surface area contributed by atoms with Gasteiger partial charge in [0.15, 0.2) is 0 Å². The highest BCUT2D eigenvalue weighted by molar-refractivity contribution is 7.80. The second-order valence-electron chi connectivity index (χ2n) is 4.56. The Labute approximate surface area is 121 Å². The predicted molar refractivity (Wildman–Crippen MR) is 76.9 cm³/mol. The van der Waals surface area contributed by atoms with Crippen LogP contribution < -0.4 is 16.4 Å². The molecule has 1 aliphatic rings. The van der Waals surface area contributed by atoms with E-state index in [2.05, 4.69) is 10.6 Å². The van der Waals surface area contributed by atoms with Crippen molar-refractivity contribution < 1.29 is 13.9 Å². The predicted octanol–water partition coefficient (Wildman–Crippen LogP) is 1.05. The SMILES string of the molecule is NC(=S)c1ccc(CNC(=O)NC2CCOC2)c(F)c1. The normalized spacial score (nSPS) is 17.8. The minimum Gasteiger partial charge on any atom is -0.389 e. The quantitative estimate of drug-likeness (QED) is 0.726. The Morgan fingerprint density at radius 2 is 2.35 bits per heavy atom. The number of ether oxygens (including phenoxy) is 1. The average Bonchev–Trinajstić information content (AvgIpc) is 2.90. The first-order valence-electron chi connectivity index (χ1n) is 6.26. The van der Waals surface area contributed by atoms with E-state index in [0.717, 1.165) is 6.42 Å². The van der Waals surface area contributed by atoms with E-state index >= 15 is 0 Å². The maximum absolute atomic E-state index is 13.8. The third kappa shape index (κ3) is 3.88. The van der Waals surface area contributed by atoms with Gasteiger partial charge in [0.2, 0.25) is 0 Å². The van der Waals surface area contributed by atoms with Crippen LogP contribution in [0, 0.1) is 5.82 Å². The molecule has 0 spiro atoms. The van der Waals surface area contributed by atoms with Crippen LogP contribution >= 0.6 is 12.2 Å². The zero-order valence-electron chi connectivity index (χ0n) is 10.8. The molecule has 0 saturated carbocycles. The summed E-state index contributed by atoms with van der Waals surface area (Å²) >= 11 is 4.77. The molecule has 1 aromatic rings. The molecule has 1 saturated heterocycles. The number of hydrogen-bond donors (Lipinski definition) is 3. The van der Waals surface area contributed by atoms with Gasteiger partial charge in [-0.05, 0) is 12.5 Å². The second kappa shape index (κ2) is 6.62. The summed E-state index contributed by atoms with van der Waals surface area (Å²) in [4.78, 5) is 11.8. The number of amides is 2. The van der Waals surface area contributed by atoms with Crippen molar-refractivity contribution in [3.63, 3.8) is 0 Å². The van der Waals surface area contributed by atoms with E-state index in [1.165, 1.54) is 6.07 Å². The van der Waals surface area contributed by atoms with Crippen LogP contribution in [-0.2, 0) is 11.3 Å². The molecule has 4 N–H and O–H groups in total. The summed E-state index contributed by atoms with van der Waals surface area (Å²) in [5.74, 6) is -0.445. The molecule has 1 aromatic carbocycles. The molecule has 1 aliphatic heterocycles. The lowest BCUT2D eigenvalue weighted by atomic mass is 10.1. The van der Waals surface area contributed by atoms with E-state index in [9.17, 15) is 9.18 Å². The van der Waals surface area contributed by atoms with Crippen molar-refractivity contribution in [2.24, 2.45) is 5.73 Å². The number of carbonyl (C=O) groups excluding carboxylic acids is 1. The molecular formula is C13H16FN3O2S. The Hall–Kier alpha value is -1.73. The molecule has 1 atom stereocenters. The minimum atomic E-state index is -0.445. The Kier molecular flexibility index (Phi) is 4.86. The number of halogens is 1. The fourth-order valence-electron chi connectivity index (χ4n) is 1.90. The number of nitrogens with one attached hydrogen (secondary N) is 2. The van der Waals surface area contributed by atoms with Gasteiger partial charge in [-0.2, -0.15) is 0 Å². The van der Waals surface area contributed by atoms with Gasteiger partial charge < -0.3 is 21.1 Å². The van der Waals surface area contributed by atoms with Crippen LogP contribution in [0.5, 0.6) is 0 Å². The molecule has 7 heteroatoms. The summed E-state index contributed by atoms with van der Waals surface area (Å²) in [6.07, 6.45) is 0.796. The number of hydrogen-bond acceptors (Lipinski definition) is 3. The van der Waals surface area contributed by atoms with Crippen molar-refractivity contribution in [2.45, 2.75) is 19.0 Å². The molecule has 5 nitrogen and oxygen atoms in total. The second-order valence-corrected chi connectivity index (χ2v) is 5.00. The monoisotopic (exact) mass is 297 g/mol. The lowest BCUT2D eigenvalue weighted by Crippen LogP contribution is -2.42. The topological polar surface area (TPSA) is 76.4 Å². The molecule has 0 aromatic heterocycles. The van der Waals surface area contributed by atoms with E-state index in [1.807, 2.05) is 0 Å². The first kappa shape index (κ1) is 14.7. The van der Waals surface area contributed by atoms with Crippen LogP contribution in [0.25, 0.3) is 0 Å². The molecule has 108 valence electrons. The van der Waals surface area contributed by atoms with E-state index in [-0.39, 0.29) is 23.6 Å². The largest absolute Gasteiger partial charge is 0.389 e. The first-order chi connectivity index (χ1) is 9.56. The number of carbonyl (C=O) groups is 1. The van der Waals surface area contributed by atoms with Crippen LogP contribution in [0.2, 0.25) is 0 Å². The molecule has 0 radical (unpaired) electrons. The molecule has 0 bridgehead atoms. The lowest BCUT2D eigenvalue weighted by molar-refractivity contribution is 0.188. The van der Waals surface area contributed by atoms with Gasteiger partial charge in [-0.25, -0.2) is 9.18 Å². The van der Waals surface area contributed by atoms with Crippen LogP contribution in [0.4, 0.5) is 9.18 Å². The third-order valence-corrected chi connectivity index (χ3v) is 3.28. The number of nitrogens with two attached hydrogens (primary N) is 1. The Bertz CT molecular complexity index is 518. The third-order valence-electron chi connectivity index (χ3n) is 3.04. The van der Waals surface area contributed by atoms with Gasteiger partial charge in [0.25, 0.3) is 0 Å². The molecule has 2 rings (SSSR count). The molecule has 1 fully saturated rings. The molecule has 0 aliphatic carbocycles. The van der Waals surface area contributed by atoms with Gasteiger partial charge in [-0.3, -0.25) is 0 Å². The van der Waals surface area contributed by atoms with Crippen molar-refractivity contribution in [1.82, 2.24) is 10.6 Å². The maximum atomic E-state index is 13.8. The highest BCUT2D eigenvalue weighted by atomic mass is 32.1. The Morgan fingerprint density at radius 3 is 2.95 bits per heavy atom. The Morgan fingerprint density at radius 1 is 1.55 bits per heavy atom. The van der Waals surface area contributed by atoms with E-state index in [0.29, 0.717) is 24.3 Å². The van der Waals surface area contributed by atoms with Gasteiger partial charge >= 0.3 is 6.03 Å². The standard InChI is InChI=1S/C13H16FN3O2S/c14-11-5-8(12(15)20)1-2-9(11)6-16-13(18)17-10-3-4-19-7-10/h1-2,5,10H,3-4,6-7H2,(H2,15,20)(H2,16,17,18). The van der Waals surface area contributed by atoms with Crippen LogP contribution in [0.15, 0.2) is 18.2 Å². The lowest BCUT2D eigenvalue weighted by Gasteiger charge is -2.12. The zero-order chi connectivity index (χ0) is 14.5. The van der Waals surface area contributed by atoms with Gasteiger partial charge in [0.1, 0.15) is 10.8 Å². The summed E-state index contributed by atoms with van der Waals surface area (Å²) in [5.41, 5.74) is 6.26. The van der Waals surface area contributed by atoms with Crippen LogP contribution in [-0.4, -0.2) is 30.3 Å². The maximum Gasteiger partial charge on any atom is 0.315 e. The average molecular weight is 297 g/mol. The Balaban J connectivity index is 1.86. The van der Waals surface area contributed by atoms with Gasteiger partial charge in [-0.15, -0.1) is 0 Å². The van der Waals surface area contributed by atoms with Gasteiger partial charge in [-0.1, -0.05) is 24.4 Å². The first-order valence-corrected chi connectivity index (χ1v) is 6.67. The van der Waals surface area contributed by atoms with Crippen LogP contribution in [0.3, 0.4) is 0 Å². The smallest absolute Gasteiger partial charge is 0.315 e. The summed E-state index contributed by atoms with van der Waals surface area (Å²) in [7, 11) is 0. The number of urea groups is 1. The summed E-state index contributed by atoms with van der Waals surface area (Å²) in [6.45, 7) is 1.27. The minimum absolute atomic E-state index is 0.0248. The fraction of sp³-hybridized carbons (Fsp3) is 0.385. The summed E-state index contributed by atoms with van der Waals surface area (Å²) in [5, 5.41) is 5.37. The van der Waals surface area contributed by atoms with E-state index in [4.69, 9.17) is 22.7 Å². The highest BCUT2D eigenvalue weighted by Gasteiger charge is 2.17. The molecular weight excluding hydrogens is 281 g/mol. The van der Waals surface area contributed by atoms with Crippen LogP contribution in [0.1, 0.15) is 17.5 Å². The number of rotatable bonds is 4. The van der Waals surface area contributed by atoms with Crippen molar-refractivity contribution in [1.29, 1.82) is 0 Å². The summed E-state index contributed by atoms with van der Waals surface area (Å²) in [6, 6.07) is 4.14. The highest BCUT2D eigenvalue weighted by Crippen LogP contribution is 2.10. The molecule has 20 heavy (non-hydrogen) atoms. The van der Waals surface area contributed by atoms with E-state index < -0.39 is 5.82 Å². The van der Waals surface area contributed by atoms with Crippen molar-refractivity contribution in [2.75, 3.05) is 13.2 Å². The van der Waals surface area contributed by atoms with Crippen molar-refractivity contribution >= 4 is 23.2 Å². The fourth-order valence-corrected chi connectivity index (χ4v) is 2.03. The molecule has 1 heterocycles. The van der Waals surface area contributed by atoms with Gasteiger partial charge in [0.05, 0.1) is 12.6 Å². The summed E-state index contributed by atoms with van der Waals surface area (Å²) < 4.78 is 18.9. The van der Waals surface area contributed by atoms with Crippen molar-refractivity contribution in [3.8, 4) is 0 Å². The number of thiocarbonyl (C=S) groups is 1. The zero-order valence-corrected chi connectivity index (χ0v) is 11.6. The van der Waals surface area contributed by atoms with E-state index in [1.54, 1.807) is 12.1 Å². The number of benzene rings is 1.